The maximum atomic E-state index is 11.2. The van der Waals surface area contributed by atoms with Crippen molar-refractivity contribution in [2.75, 3.05) is 6.26 Å². The van der Waals surface area contributed by atoms with Gasteiger partial charge in [-0.1, -0.05) is 6.07 Å². The lowest BCUT2D eigenvalue weighted by Crippen LogP contribution is -2.01. The molecule has 14 heavy (non-hydrogen) atoms. The van der Waals surface area contributed by atoms with Gasteiger partial charge in [-0.3, -0.25) is 4.79 Å². The first kappa shape index (κ1) is 10.4. The summed E-state index contributed by atoms with van der Waals surface area (Å²) in [4.78, 5) is 10.3. The summed E-state index contributed by atoms with van der Waals surface area (Å²) in [5.41, 5.74) is 0.283. The van der Waals surface area contributed by atoms with Gasteiger partial charge in [0.1, 0.15) is 12.4 Å². The largest absolute Gasteiger partial charge is 0.298 e. The lowest BCUT2D eigenvalue weighted by atomic mass is 10.1. The Morgan fingerprint density at radius 3 is 2.50 bits per heavy atom. The molecule has 72 valence electrons. The number of hydrogen-bond donors (Lipinski definition) is 0. The van der Waals surface area contributed by atoms with Crippen LogP contribution >= 0.6 is 0 Å². The molecule has 0 heterocycles. The Morgan fingerprint density at radius 2 is 2.07 bits per heavy atom. The van der Waals surface area contributed by atoms with Gasteiger partial charge in [-0.15, -0.1) is 0 Å². The Balaban J connectivity index is 3.50. The first-order chi connectivity index (χ1) is 6.49. The summed E-state index contributed by atoms with van der Waals surface area (Å²) in [5.74, 6) is 0. The number of benzene rings is 1. The zero-order chi connectivity index (χ0) is 10.8. The quantitative estimate of drug-likeness (QED) is 0.674. The number of aldehydes is 1. The molecular formula is C9H7NO3S. The fourth-order valence-electron chi connectivity index (χ4n) is 1.03. The van der Waals surface area contributed by atoms with Crippen LogP contribution in [0.1, 0.15) is 15.9 Å². The molecular weight excluding hydrogens is 202 g/mol. The monoisotopic (exact) mass is 209 g/mol. The molecule has 0 saturated carbocycles. The van der Waals surface area contributed by atoms with Gasteiger partial charge >= 0.3 is 0 Å². The topological polar surface area (TPSA) is 75.0 Å². The van der Waals surface area contributed by atoms with E-state index in [4.69, 9.17) is 5.26 Å². The Kier molecular flexibility index (Phi) is 2.68. The number of sulfone groups is 1. The number of carbonyl (C=O) groups is 1. The van der Waals surface area contributed by atoms with Gasteiger partial charge in [0.05, 0.1) is 10.5 Å². The minimum atomic E-state index is -3.41. The van der Waals surface area contributed by atoms with E-state index in [1.54, 1.807) is 6.07 Å². The Morgan fingerprint density at radius 1 is 1.43 bits per heavy atom. The third kappa shape index (κ3) is 1.98. The van der Waals surface area contributed by atoms with Crippen LogP contribution in [0.3, 0.4) is 0 Å². The predicted octanol–water partition coefficient (Wildman–Crippen LogP) is 0.774. The van der Waals surface area contributed by atoms with Crippen LogP contribution in [0.2, 0.25) is 0 Å². The van der Waals surface area contributed by atoms with Crippen LogP contribution in [0.4, 0.5) is 0 Å². The molecule has 0 atom stereocenters. The second-order valence-electron chi connectivity index (χ2n) is 2.76. The molecule has 1 aromatic carbocycles. The Hall–Kier alpha value is -1.67. The zero-order valence-electron chi connectivity index (χ0n) is 7.39. The summed E-state index contributed by atoms with van der Waals surface area (Å²) in [5, 5.41) is 8.67. The van der Waals surface area contributed by atoms with Gasteiger partial charge in [0.2, 0.25) is 0 Å². The molecule has 0 aliphatic heterocycles. The number of carbonyl (C=O) groups excluding carboxylic acids is 1. The summed E-state index contributed by atoms with van der Waals surface area (Å²) in [6, 6.07) is 5.62. The molecule has 0 aliphatic carbocycles. The molecule has 0 N–H and O–H groups in total. The normalized spacial score (nSPS) is 10.6. The maximum Gasteiger partial charge on any atom is 0.176 e. The van der Waals surface area contributed by atoms with Crippen LogP contribution in [0.5, 0.6) is 0 Å². The highest BCUT2D eigenvalue weighted by Gasteiger charge is 2.13. The van der Waals surface area contributed by atoms with Gasteiger partial charge < -0.3 is 0 Å². The Bertz CT molecular complexity index is 511. The van der Waals surface area contributed by atoms with E-state index in [0.29, 0.717) is 6.29 Å². The standard InChI is InChI=1S/C9H7NO3S/c1-14(12,13)9-3-2-7(6-11)4-8(9)5-10/h2-4,6H,1H3. The molecule has 0 amide bonds. The van der Waals surface area contributed by atoms with Crippen LogP contribution in [-0.2, 0) is 9.84 Å². The highest BCUT2D eigenvalue weighted by Crippen LogP contribution is 2.15. The fraction of sp³-hybridized carbons (Fsp3) is 0.111. The van der Waals surface area contributed by atoms with Crippen molar-refractivity contribution in [3.8, 4) is 6.07 Å². The molecule has 0 unspecified atom stereocenters. The van der Waals surface area contributed by atoms with Gasteiger partial charge in [-0.05, 0) is 12.1 Å². The fourth-order valence-corrected chi connectivity index (χ4v) is 1.85. The van der Waals surface area contributed by atoms with Crippen molar-refractivity contribution < 1.29 is 13.2 Å². The minimum Gasteiger partial charge on any atom is -0.298 e. The minimum absolute atomic E-state index is 0.00269. The van der Waals surface area contributed by atoms with Crippen LogP contribution in [0.15, 0.2) is 23.1 Å². The van der Waals surface area contributed by atoms with E-state index in [9.17, 15) is 13.2 Å². The average molecular weight is 209 g/mol. The van der Waals surface area contributed by atoms with E-state index in [-0.39, 0.29) is 16.0 Å². The highest BCUT2D eigenvalue weighted by atomic mass is 32.2. The van der Waals surface area contributed by atoms with Crippen LogP contribution in [-0.4, -0.2) is 21.0 Å². The van der Waals surface area contributed by atoms with Crippen LogP contribution < -0.4 is 0 Å². The van der Waals surface area contributed by atoms with Gasteiger partial charge in [0.25, 0.3) is 0 Å². The van der Waals surface area contributed by atoms with Gasteiger partial charge in [-0.25, -0.2) is 8.42 Å². The smallest absolute Gasteiger partial charge is 0.176 e. The SMILES string of the molecule is CS(=O)(=O)c1ccc(C=O)cc1C#N. The molecule has 0 spiro atoms. The van der Waals surface area contributed by atoms with Gasteiger partial charge in [0.15, 0.2) is 9.84 Å². The molecule has 5 heteroatoms. The van der Waals surface area contributed by atoms with E-state index < -0.39 is 9.84 Å². The third-order valence-electron chi connectivity index (χ3n) is 1.66. The number of nitriles is 1. The molecule has 0 saturated heterocycles. The number of rotatable bonds is 2. The number of hydrogen-bond acceptors (Lipinski definition) is 4. The van der Waals surface area contributed by atoms with E-state index >= 15 is 0 Å². The summed E-state index contributed by atoms with van der Waals surface area (Å²) in [6.07, 6.45) is 1.58. The van der Waals surface area contributed by atoms with E-state index in [2.05, 4.69) is 0 Å². The van der Waals surface area contributed by atoms with Crippen molar-refractivity contribution in [3.63, 3.8) is 0 Å². The van der Waals surface area contributed by atoms with E-state index in [1.807, 2.05) is 0 Å². The first-order valence-electron chi connectivity index (χ1n) is 3.68. The highest BCUT2D eigenvalue weighted by molar-refractivity contribution is 7.90. The molecule has 4 nitrogen and oxygen atoms in total. The lowest BCUT2D eigenvalue weighted by Gasteiger charge is -2.00. The van der Waals surface area contributed by atoms with Crippen molar-refractivity contribution in [1.29, 1.82) is 5.26 Å². The molecule has 1 rings (SSSR count). The van der Waals surface area contributed by atoms with Gasteiger partial charge in [-0.2, -0.15) is 5.26 Å². The predicted molar refractivity (Wildman–Crippen MR) is 49.7 cm³/mol. The molecule has 0 fully saturated rings. The van der Waals surface area contributed by atoms with Crippen molar-refractivity contribution in [3.05, 3.63) is 29.3 Å². The van der Waals surface area contributed by atoms with Crippen LogP contribution in [0, 0.1) is 11.3 Å². The van der Waals surface area contributed by atoms with Crippen LogP contribution in [0.25, 0.3) is 0 Å². The molecule has 0 bridgehead atoms. The molecule has 0 aromatic heterocycles. The maximum absolute atomic E-state index is 11.2. The average Bonchev–Trinajstić information content (AvgIpc) is 2.15. The van der Waals surface area contributed by atoms with E-state index in [0.717, 1.165) is 6.26 Å². The van der Waals surface area contributed by atoms with Gasteiger partial charge in [0, 0.05) is 11.8 Å². The third-order valence-corrected chi connectivity index (χ3v) is 2.81. The summed E-state index contributed by atoms with van der Waals surface area (Å²) in [6.45, 7) is 0. The summed E-state index contributed by atoms with van der Waals surface area (Å²) >= 11 is 0. The van der Waals surface area contributed by atoms with Crippen molar-refractivity contribution >= 4 is 16.1 Å². The van der Waals surface area contributed by atoms with Crippen molar-refractivity contribution in [1.82, 2.24) is 0 Å². The molecule has 0 radical (unpaired) electrons. The molecule has 0 aliphatic rings. The first-order valence-corrected chi connectivity index (χ1v) is 5.57. The van der Waals surface area contributed by atoms with E-state index in [1.165, 1.54) is 18.2 Å². The molecule has 1 aromatic rings. The second-order valence-corrected chi connectivity index (χ2v) is 4.74. The summed E-state index contributed by atoms with van der Waals surface area (Å²) in [7, 11) is -3.41. The summed E-state index contributed by atoms with van der Waals surface area (Å²) < 4.78 is 22.3. The zero-order valence-corrected chi connectivity index (χ0v) is 8.21. The number of nitrogens with zero attached hydrogens (tertiary/aromatic N) is 1. The lowest BCUT2D eigenvalue weighted by molar-refractivity contribution is 0.112. The second kappa shape index (κ2) is 3.60. The van der Waals surface area contributed by atoms with Crippen molar-refractivity contribution in [2.24, 2.45) is 0 Å². The Labute approximate surface area is 81.7 Å². The van der Waals surface area contributed by atoms with Crippen molar-refractivity contribution in [2.45, 2.75) is 4.90 Å².